The SMILES string of the molecule is Cc1cc2c(cc1Cl)C(=O)/C(=C\c1cc3sc(/C=C/c4ccccc4)cc3s1)C2=O. The lowest BCUT2D eigenvalue weighted by molar-refractivity contribution is 0.0990. The van der Waals surface area contributed by atoms with Crippen molar-refractivity contribution in [2.75, 3.05) is 0 Å². The van der Waals surface area contributed by atoms with Crippen LogP contribution in [-0.4, -0.2) is 11.6 Å². The first-order chi connectivity index (χ1) is 14.5. The average Bonchev–Trinajstić information content (AvgIpc) is 3.35. The van der Waals surface area contributed by atoms with Crippen molar-refractivity contribution < 1.29 is 9.59 Å². The highest BCUT2D eigenvalue weighted by molar-refractivity contribution is 7.28. The first kappa shape index (κ1) is 19.2. The Morgan fingerprint density at radius 3 is 2.17 bits per heavy atom. The minimum Gasteiger partial charge on any atom is -0.288 e. The van der Waals surface area contributed by atoms with Gasteiger partial charge in [-0.3, -0.25) is 9.59 Å². The van der Waals surface area contributed by atoms with Gasteiger partial charge >= 0.3 is 0 Å². The lowest BCUT2D eigenvalue weighted by atomic mass is 10.1. The number of halogens is 1. The lowest BCUT2D eigenvalue weighted by Crippen LogP contribution is -1.99. The number of hydrogen-bond donors (Lipinski definition) is 0. The summed E-state index contributed by atoms with van der Waals surface area (Å²) in [5.41, 5.74) is 3.01. The van der Waals surface area contributed by atoms with Crippen LogP contribution in [0.5, 0.6) is 0 Å². The Morgan fingerprint density at radius 1 is 0.800 bits per heavy atom. The van der Waals surface area contributed by atoms with Crippen LogP contribution in [0.3, 0.4) is 0 Å². The zero-order valence-electron chi connectivity index (χ0n) is 15.9. The number of benzene rings is 2. The van der Waals surface area contributed by atoms with Gasteiger partial charge in [-0.15, -0.1) is 22.7 Å². The fraction of sp³-hybridized carbons (Fsp3) is 0.0400. The number of rotatable bonds is 3. The molecule has 5 rings (SSSR count). The number of aryl methyl sites for hydroxylation is 1. The molecule has 0 atom stereocenters. The average molecular weight is 447 g/mol. The van der Waals surface area contributed by atoms with Crippen LogP contribution in [0.15, 0.2) is 60.2 Å². The van der Waals surface area contributed by atoms with Gasteiger partial charge in [0.2, 0.25) is 0 Å². The van der Waals surface area contributed by atoms with Crippen molar-refractivity contribution in [3.63, 3.8) is 0 Å². The monoisotopic (exact) mass is 446 g/mol. The van der Waals surface area contributed by atoms with Crippen LogP contribution in [0.25, 0.3) is 27.6 Å². The van der Waals surface area contributed by atoms with E-state index in [-0.39, 0.29) is 17.1 Å². The Balaban J connectivity index is 1.44. The number of carbonyl (C=O) groups is 2. The predicted molar refractivity (Wildman–Crippen MR) is 128 cm³/mol. The van der Waals surface area contributed by atoms with E-state index in [4.69, 9.17) is 11.6 Å². The van der Waals surface area contributed by atoms with Crippen molar-refractivity contribution in [3.05, 3.63) is 97.2 Å². The molecular weight excluding hydrogens is 432 g/mol. The Hall–Kier alpha value is -2.79. The second-order valence-corrected chi connectivity index (χ2v) is 9.77. The molecule has 0 aliphatic heterocycles. The van der Waals surface area contributed by atoms with Gasteiger partial charge in [-0.25, -0.2) is 0 Å². The molecule has 2 heterocycles. The van der Waals surface area contributed by atoms with Gasteiger partial charge in [0.05, 0.1) is 5.57 Å². The Kier molecular flexibility index (Phi) is 4.78. The maximum Gasteiger partial charge on any atom is 0.197 e. The third-order valence-corrected chi connectivity index (χ3v) is 7.66. The van der Waals surface area contributed by atoms with E-state index in [0.717, 1.165) is 25.4 Å². The molecule has 1 aliphatic rings. The van der Waals surface area contributed by atoms with Crippen molar-refractivity contribution in [1.82, 2.24) is 0 Å². The van der Waals surface area contributed by atoms with Gasteiger partial charge in [-0.1, -0.05) is 48.0 Å². The maximum atomic E-state index is 12.8. The van der Waals surface area contributed by atoms with Gasteiger partial charge in [0.15, 0.2) is 11.6 Å². The van der Waals surface area contributed by atoms with E-state index in [1.165, 1.54) is 4.88 Å². The first-order valence-corrected chi connectivity index (χ1v) is 11.4. The van der Waals surface area contributed by atoms with Crippen LogP contribution in [0.1, 0.15) is 41.6 Å². The smallest absolute Gasteiger partial charge is 0.197 e. The highest BCUT2D eigenvalue weighted by atomic mass is 35.5. The number of hydrogen-bond acceptors (Lipinski definition) is 4. The number of ketones is 2. The van der Waals surface area contributed by atoms with E-state index in [1.54, 1.807) is 40.9 Å². The van der Waals surface area contributed by atoms with E-state index in [9.17, 15) is 9.59 Å². The Labute approximate surface area is 186 Å². The van der Waals surface area contributed by atoms with Crippen LogP contribution in [0, 0.1) is 6.92 Å². The maximum absolute atomic E-state index is 12.8. The second kappa shape index (κ2) is 7.47. The molecule has 2 aromatic heterocycles. The molecule has 0 unspecified atom stereocenters. The Morgan fingerprint density at radius 2 is 1.43 bits per heavy atom. The molecule has 2 nitrogen and oxygen atoms in total. The largest absolute Gasteiger partial charge is 0.288 e. The summed E-state index contributed by atoms with van der Waals surface area (Å²) >= 11 is 9.43. The second-order valence-electron chi connectivity index (χ2n) is 7.13. The summed E-state index contributed by atoms with van der Waals surface area (Å²) in [6.07, 6.45) is 5.92. The number of carbonyl (C=O) groups excluding carboxylic acids is 2. The van der Waals surface area contributed by atoms with Gasteiger partial charge in [0.1, 0.15) is 0 Å². The molecule has 1 aliphatic carbocycles. The standard InChI is InChI=1S/C25H15ClO2S2/c1-14-9-18-19(13-21(14)26)25(28)20(24(18)27)10-17-12-23-22(30-17)11-16(29-23)8-7-15-5-3-2-4-6-15/h2-13H,1H3/b8-7+,20-10-. The van der Waals surface area contributed by atoms with E-state index in [1.807, 2.05) is 31.2 Å². The zero-order valence-corrected chi connectivity index (χ0v) is 18.3. The summed E-state index contributed by atoms with van der Waals surface area (Å²) < 4.78 is 2.29. The van der Waals surface area contributed by atoms with Crippen molar-refractivity contribution in [1.29, 1.82) is 0 Å². The van der Waals surface area contributed by atoms with E-state index >= 15 is 0 Å². The number of allylic oxidation sites excluding steroid dienone is 1. The van der Waals surface area contributed by atoms with Crippen LogP contribution in [0.4, 0.5) is 0 Å². The molecule has 0 saturated carbocycles. The fourth-order valence-electron chi connectivity index (χ4n) is 3.49. The molecule has 4 aromatic rings. The number of fused-ring (bicyclic) bond motifs is 2. The summed E-state index contributed by atoms with van der Waals surface area (Å²) in [5, 5.41) is 0.504. The molecule has 0 N–H and O–H groups in total. The Bertz CT molecular complexity index is 1310. The summed E-state index contributed by atoms with van der Waals surface area (Å²) in [5.74, 6) is -0.474. The minimum absolute atomic E-state index is 0.213. The molecule has 5 heteroatoms. The van der Waals surface area contributed by atoms with Crippen LogP contribution in [0.2, 0.25) is 5.02 Å². The molecule has 0 amide bonds. The zero-order chi connectivity index (χ0) is 20.8. The van der Waals surface area contributed by atoms with E-state index in [2.05, 4.69) is 30.4 Å². The number of Topliss-reactive ketones (excluding diaryl/α,β-unsaturated/α-hetero) is 2. The van der Waals surface area contributed by atoms with Gasteiger partial charge in [0, 0.05) is 35.3 Å². The van der Waals surface area contributed by atoms with Gasteiger partial charge < -0.3 is 0 Å². The van der Waals surface area contributed by atoms with Crippen LogP contribution in [-0.2, 0) is 0 Å². The molecule has 0 saturated heterocycles. The molecule has 0 radical (unpaired) electrons. The third kappa shape index (κ3) is 3.37. The molecular formula is C25H15ClO2S2. The highest BCUT2D eigenvalue weighted by Crippen LogP contribution is 2.37. The summed E-state index contributed by atoms with van der Waals surface area (Å²) in [7, 11) is 0. The molecule has 30 heavy (non-hydrogen) atoms. The minimum atomic E-state index is -0.250. The molecule has 0 fully saturated rings. The lowest BCUT2D eigenvalue weighted by Gasteiger charge is -2.00. The molecule has 146 valence electrons. The van der Waals surface area contributed by atoms with Gasteiger partial charge in [0.25, 0.3) is 0 Å². The van der Waals surface area contributed by atoms with Crippen molar-refractivity contribution in [3.8, 4) is 0 Å². The van der Waals surface area contributed by atoms with Crippen molar-refractivity contribution in [2.45, 2.75) is 6.92 Å². The molecule has 2 aromatic carbocycles. The fourth-order valence-corrected chi connectivity index (χ4v) is 5.92. The summed E-state index contributed by atoms with van der Waals surface area (Å²) in [6.45, 7) is 1.83. The number of thiophene rings is 2. The van der Waals surface area contributed by atoms with Gasteiger partial charge in [-0.05, 0) is 54.5 Å². The van der Waals surface area contributed by atoms with E-state index < -0.39 is 0 Å². The third-order valence-electron chi connectivity index (χ3n) is 5.05. The summed E-state index contributed by atoms with van der Waals surface area (Å²) in [4.78, 5) is 27.6. The first-order valence-electron chi connectivity index (χ1n) is 9.37. The normalized spacial score (nSPS) is 15.1. The van der Waals surface area contributed by atoms with Crippen molar-refractivity contribution >= 4 is 73.5 Å². The summed E-state index contributed by atoms with van der Waals surface area (Å²) in [6, 6.07) is 17.7. The molecule has 0 spiro atoms. The van der Waals surface area contributed by atoms with E-state index in [0.29, 0.717) is 16.1 Å². The van der Waals surface area contributed by atoms with Crippen LogP contribution < -0.4 is 0 Å². The van der Waals surface area contributed by atoms with Gasteiger partial charge in [-0.2, -0.15) is 0 Å². The van der Waals surface area contributed by atoms with Crippen molar-refractivity contribution in [2.24, 2.45) is 0 Å². The predicted octanol–water partition coefficient (Wildman–Crippen LogP) is 7.56. The topological polar surface area (TPSA) is 34.1 Å². The quantitative estimate of drug-likeness (QED) is 0.240. The van der Waals surface area contributed by atoms with Crippen LogP contribution >= 0.6 is 34.3 Å². The molecule has 0 bridgehead atoms. The highest BCUT2D eigenvalue weighted by Gasteiger charge is 2.33.